The average Bonchev–Trinajstić information content (AvgIpc) is 3.31. The lowest BCUT2D eigenvalue weighted by molar-refractivity contribution is -0.384. The quantitative estimate of drug-likeness (QED) is 0.284. The van der Waals surface area contributed by atoms with E-state index in [4.69, 9.17) is 0 Å². The van der Waals surface area contributed by atoms with E-state index in [1.54, 1.807) is 12.3 Å². The van der Waals surface area contributed by atoms with Gasteiger partial charge in [-0.3, -0.25) is 28.8 Å². The van der Waals surface area contributed by atoms with Crippen LogP contribution in [0.4, 0.5) is 5.69 Å². The Balaban J connectivity index is 1.69. The molecule has 0 atom stereocenters. The minimum atomic E-state index is -0.547. The third-order valence-electron chi connectivity index (χ3n) is 4.68. The van der Waals surface area contributed by atoms with Crippen molar-refractivity contribution in [1.82, 2.24) is 19.1 Å². The van der Waals surface area contributed by atoms with Gasteiger partial charge in [-0.15, -0.1) is 11.3 Å². The summed E-state index contributed by atoms with van der Waals surface area (Å²) in [6.45, 7) is 3.55. The Labute approximate surface area is 168 Å². The smallest absolute Gasteiger partial charge is 0.271 e. The maximum Gasteiger partial charge on any atom is 0.271 e. The van der Waals surface area contributed by atoms with Crippen LogP contribution in [0.15, 0.2) is 47.0 Å². The van der Waals surface area contributed by atoms with Crippen LogP contribution >= 0.6 is 11.3 Å². The van der Waals surface area contributed by atoms with Crippen molar-refractivity contribution in [1.29, 1.82) is 0 Å². The third kappa shape index (κ3) is 3.23. The molecule has 0 bridgehead atoms. The van der Waals surface area contributed by atoms with Crippen LogP contribution in [-0.2, 0) is 6.54 Å². The summed E-state index contributed by atoms with van der Waals surface area (Å²) in [5.41, 5.74) is 1.78. The van der Waals surface area contributed by atoms with Crippen molar-refractivity contribution in [2.45, 2.75) is 20.4 Å². The van der Waals surface area contributed by atoms with Gasteiger partial charge in [-0.2, -0.15) is 0 Å². The van der Waals surface area contributed by atoms with Gasteiger partial charge < -0.3 is 0 Å². The Morgan fingerprint density at radius 1 is 1.24 bits per heavy atom. The van der Waals surface area contributed by atoms with Crippen molar-refractivity contribution in [2.24, 2.45) is 0 Å². The lowest BCUT2D eigenvalue weighted by Crippen LogP contribution is -2.25. The summed E-state index contributed by atoms with van der Waals surface area (Å²) >= 11 is 1.47. The highest BCUT2D eigenvalue weighted by atomic mass is 32.1. The minimum absolute atomic E-state index is 0.146. The molecule has 0 saturated heterocycles. The summed E-state index contributed by atoms with van der Waals surface area (Å²) in [6.07, 6.45) is 2.94. The number of hydrogen-bond donors (Lipinski definition) is 0. The van der Waals surface area contributed by atoms with Gasteiger partial charge in [-0.1, -0.05) is 0 Å². The zero-order valence-corrected chi connectivity index (χ0v) is 16.3. The first-order valence-electron chi connectivity index (χ1n) is 8.62. The number of non-ortho nitro benzene ring substituents is 1. The van der Waals surface area contributed by atoms with Gasteiger partial charge in [0, 0.05) is 40.7 Å². The fourth-order valence-corrected chi connectivity index (χ4v) is 4.03. The van der Waals surface area contributed by atoms with Crippen molar-refractivity contribution in [3.05, 3.63) is 79.6 Å². The molecule has 0 N–H and O–H groups in total. The largest absolute Gasteiger partial charge is 0.294 e. The molecule has 0 fully saturated rings. The van der Waals surface area contributed by atoms with E-state index in [1.807, 2.05) is 23.8 Å². The zero-order chi connectivity index (χ0) is 20.7. The summed E-state index contributed by atoms with van der Waals surface area (Å²) in [5.74, 6) is -0.230. The summed E-state index contributed by atoms with van der Waals surface area (Å²) in [6, 6.07) is 5.63. The van der Waals surface area contributed by atoms with Gasteiger partial charge in [-0.05, 0) is 26.0 Å². The highest BCUT2D eigenvalue weighted by Gasteiger charge is 2.19. The minimum Gasteiger partial charge on any atom is -0.294 e. The molecule has 9 nitrogen and oxygen atoms in total. The molecule has 0 amide bonds. The molecule has 4 aromatic rings. The van der Waals surface area contributed by atoms with E-state index in [0.717, 1.165) is 16.5 Å². The predicted molar refractivity (Wildman–Crippen MR) is 108 cm³/mol. The molecule has 1 aromatic carbocycles. The first-order valence-corrected chi connectivity index (χ1v) is 9.50. The lowest BCUT2D eigenvalue weighted by atomic mass is 10.1. The number of carbonyl (C=O) groups is 1. The van der Waals surface area contributed by atoms with Crippen molar-refractivity contribution in [2.75, 3.05) is 0 Å². The number of Topliss-reactive ketones (excluding diaryl/α,β-unsaturated/α-hetero) is 1. The number of nitrogens with zero attached hydrogens (tertiary/aromatic N) is 5. The van der Waals surface area contributed by atoms with Crippen molar-refractivity contribution >= 4 is 33.7 Å². The van der Waals surface area contributed by atoms with E-state index in [0.29, 0.717) is 5.56 Å². The molecule has 0 saturated carbocycles. The van der Waals surface area contributed by atoms with Crippen LogP contribution < -0.4 is 5.56 Å². The Morgan fingerprint density at radius 2 is 2.03 bits per heavy atom. The molecule has 0 spiro atoms. The van der Waals surface area contributed by atoms with Crippen LogP contribution in [0.2, 0.25) is 0 Å². The van der Waals surface area contributed by atoms with E-state index in [9.17, 15) is 19.7 Å². The molecule has 4 rings (SSSR count). The van der Waals surface area contributed by atoms with Crippen LogP contribution in [0.3, 0.4) is 0 Å². The molecule has 0 aliphatic rings. The Hall–Kier alpha value is -3.66. The van der Waals surface area contributed by atoms with Crippen molar-refractivity contribution in [3.8, 4) is 5.13 Å². The Bertz CT molecular complexity index is 1320. The van der Waals surface area contributed by atoms with Crippen LogP contribution in [0.5, 0.6) is 0 Å². The van der Waals surface area contributed by atoms with Gasteiger partial charge in [0.05, 0.1) is 28.7 Å². The maximum absolute atomic E-state index is 12.9. The third-order valence-corrected chi connectivity index (χ3v) is 5.43. The Morgan fingerprint density at radius 3 is 2.72 bits per heavy atom. The molecule has 29 heavy (non-hydrogen) atoms. The number of nitro groups is 1. The molecule has 10 heteroatoms. The molecular formula is C19H15N5O4S. The SMILES string of the molecule is Cc1cc(C(=O)Cn2cnc3cc([N+](=O)[O-])ccc3c2=O)c(C)n1-c1nccs1. The van der Waals surface area contributed by atoms with E-state index < -0.39 is 10.5 Å². The van der Waals surface area contributed by atoms with Crippen LogP contribution in [0.1, 0.15) is 21.7 Å². The number of nitro benzene ring substituents is 1. The first kappa shape index (κ1) is 18.7. The normalized spacial score (nSPS) is 11.1. The summed E-state index contributed by atoms with van der Waals surface area (Å²) in [5, 5.41) is 13.7. The Kier molecular flexibility index (Phi) is 4.55. The number of hydrogen-bond acceptors (Lipinski definition) is 7. The van der Waals surface area contributed by atoms with Crippen molar-refractivity contribution in [3.63, 3.8) is 0 Å². The second-order valence-corrected chi connectivity index (χ2v) is 7.37. The van der Waals surface area contributed by atoms with Gasteiger partial charge in [0.25, 0.3) is 11.2 Å². The summed E-state index contributed by atoms with van der Waals surface area (Å²) in [4.78, 5) is 44.3. The maximum atomic E-state index is 12.9. The van der Waals surface area contributed by atoms with Gasteiger partial charge in [0.2, 0.25) is 0 Å². The van der Waals surface area contributed by atoms with Crippen LogP contribution in [0.25, 0.3) is 16.0 Å². The monoisotopic (exact) mass is 409 g/mol. The predicted octanol–water partition coefficient (Wildman–Crippen LogP) is 3.05. The summed E-state index contributed by atoms with van der Waals surface area (Å²) < 4.78 is 3.12. The second kappa shape index (κ2) is 7.06. The molecule has 3 aromatic heterocycles. The zero-order valence-electron chi connectivity index (χ0n) is 15.5. The fraction of sp³-hybridized carbons (Fsp3) is 0.158. The fourth-order valence-electron chi connectivity index (χ4n) is 3.28. The molecule has 0 aliphatic heterocycles. The molecule has 3 heterocycles. The first-order chi connectivity index (χ1) is 13.9. The number of aromatic nitrogens is 4. The molecular weight excluding hydrogens is 394 g/mol. The highest BCUT2D eigenvalue weighted by Crippen LogP contribution is 2.23. The number of thiazole rings is 1. The molecule has 0 radical (unpaired) electrons. The number of benzene rings is 1. The topological polar surface area (TPSA) is 113 Å². The summed E-state index contributed by atoms with van der Waals surface area (Å²) in [7, 11) is 0. The lowest BCUT2D eigenvalue weighted by Gasteiger charge is -2.07. The highest BCUT2D eigenvalue weighted by molar-refractivity contribution is 7.12. The standard InChI is InChI=1S/C19H15N5O4S/c1-11-7-15(12(2)23(11)19-20-5-6-29-19)17(25)9-22-10-21-16-8-13(24(27)28)3-4-14(16)18(22)26/h3-8,10H,9H2,1-2H3. The molecule has 0 aliphatic carbocycles. The number of fused-ring (bicyclic) bond motifs is 1. The number of rotatable bonds is 5. The van der Waals surface area contributed by atoms with E-state index in [2.05, 4.69) is 9.97 Å². The van der Waals surface area contributed by atoms with Crippen LogP contribution in [0, 0.1) is 24.0 Å². The van der Waals surface area contributed by atoms with Gasteiger partial charge in [-0.25, -0.2) is 9.97 Å². The number of ketones is 1. The molecule has 0 unspecified atom stereocenters. The van der Waals surface area contributed by atoms with Gasteiger partial charge in [0.15, 0.2) is 10.9 Å². The number of carbonyl (C=O) groups excluding carboxylic acids is 1. The second-order valence-electron chi connectivity index (χ2n) is 6.49. The van der Waals surface area contributed by atoms with E-state index in [-0.39, 0.29) is 28.9 Å². The van der Waals surface area contributed by atoms with Crippen LogP contribution in [-0.4, -0.2) is 29.8 Å². The van der Waals surface area contributed by atoms with E-state index >= 15 is 0 Å². The molecule has 146 valence electrons. The van der Waals surface area contributed by atoms with Crippen molar-refractivity contribution < 1.29 is 9.72 Å². The van der Waals surface area contributed by atoms with Gasteiger partial charge in [0.1, 0.15) is 0 Å². The average molecular weight is 409 g/mol. The van der Waals surface area contributed by atoms with E-state index in [1.165, 1.54) is 40.4 Å². The number of aryl methyl sites for hydroxylation is 1. The van der Waals surface area contributed by atoms with Gasteiger partial charge >= 0.3 is 0 Å².